The van der Waals surface area contributed by atoms with Crippen LogP contribution in [0.5, 0.6) is 0 Å². The van der Waals surface area contributed by atoms with Gasteiger partial charge in [-0.05, 0) is 18.2 Å². The minimum Gasteiger partial charge on any atom is -0.432 e. The summed E-state index contributed by atoms with van der Waals surface area (Å²) in [5.41, 5.74) is -0.443. The number of halogens is 3. The van der Waals surface area contributed by atoms with Crippen LogP contribution in [0.25, 0.3) is 0 Å². The lowest BCUT2D eigenvalue weighted by Gasteiger charge is -2.08. The third kappa shape index (κ3) is 2.33. The van der Waals surface area contributed by atoms with Gasteiger partial charge in [-0.3, -0.25) is 0 Å². The Hall–Kier alpha value is -1.98. The van der Waals surface area contributed by atoms with E-state index in [4.69, 9.17) is 4.42 Å². The van der Waals surface area contributed by atoms with Gasteiger partial charge in [-0.15, -0.1) is 0 Å². The number of hydrogen-bond donors (Lipinski definition) is 1. The highest BCUT2D eigenvalue weighted by atomic mass is 19.4. The zero-order valence-corrected chi connectivity index (χ0v) is 7.95. The van der Waals surface area contributed by atoms with Crippen molar-refractivity contribution in [3.8, 4) is 0 Å². The zero-order valence-electron chi connectivity index (χ0n) is 7.95. The predicted octanol–water partition coefficient (Wildman–Crippen LogP) is 3.44. The molecule has 0 aliphatic rings. The quantitative estimate of drug-likeness (QED) is 0.855. The summed E-state index contributed by atoms with van der Waals surface area (Å²) in [5, 5.41) is 2.62. The minimum absolute atomic E-state index is 0.152. The highest BCUT2D eigenvalue weighted by molar-refractivity contribution is 5.53. The van der Waals surface area contributed by atoms with Gasteiger partial charge in [0, 0.05) is 5.69 Å². The summed E-state index contributed by atoms with van der Waals surface area (Å²) >= 11 is 0. The molecule has 0 amide bonds. The van der Waals surface area contributed by atoms with Crippen molar-refractivity contribution in [3.05, 3.63) is 42.3 Å². The van der Waals surface area contributed by atoms with E-state index in [1.165, 1.54) is 24.6 Å². The highest BCUT2D eigenvalue weighted by Gasteiger charge is 2.30. The second kappa shape index (κ2) is 3.88. The highest BCUT2D eigenvalue weighted by Crippen LogP contribution is 2.31. The first-order valence-electron chi connectivity index (χ1n) is 4.39. The molecule has 1 aromatic carbocycles. The molecule has 2 rings (SSSR count). The number of aromatic nitrogens is 1. The fraction of sp³-hybridized carbons (Fsp3) is 0.100. The number of hydrogen-bond acceptors (Lipinski definition) is 3. The summed E-state index contributed by atoms with van der Waals surface area (Å²) in [5.74, 6) is 0. The molecule has 1 heterocycles. The van der Waals surface area contributed by atoms with Crippen LogP contribution in [0.15, 0.2) is 41.1 Å². The zero-order chi connectivity index (χ0) is 11.6. The van der Waals surface area contributed by atoms with Crippen LogP contribution in [0.3, 0.4) is 0 Å². The average Bonchev–Trinajstić information content (AvgIpc) is 2.70. The molecule has 0 spiro atoms. The monoisotopic (exact) mass is 228 g/mol. The summed E-state index contributed by atoms with van der Waals surface area (Å²) < 4.78 is 42.0. The Morgan fingerprint density at radius 2 is 2.06 bits per heavy atom. The van der Waals surface area contributed by atoms with Crippen molar-refractivity contribution < 1.29 is 17.6 Å². The van der Waals surface area contributed by atoms with E-state index < -0.39 is 11.7 Å². The van der Waals surface area contributed by atoms with Crippen molar-refractivity contribution in [2.45, 2.75) is 6.18 Å². The van der Waals surface area contributed by atoms with Crippen LogP contribution in [-0.2, 0) is 6.18 Å². The molecule has 0 bridgehead atoms. The van der Waals surface area contributed by atoms with Crippen molar-refractivity contribution in [2.75, 3.05) is 5.32 Å². The van der Waals surface area contributed by atoms with Crippen LogP contribution >= 0.6 is 0 Å². The molecule has 1 aromatic heterocycles. The normalized spacial score (nSPS) is 11.4. The van der Waals surface area contributed by atoms with Gasteiger partial charge in [0.2, 0.25) is 0 Å². The van der Waals surface area contributed by atoms with E-state index >= 15 is 0 Å². The molecular formula is C10H7F3N2O. The van der Waals surface area contributed by atoms with E-state index in [0.717, 1.165) is 12.1 Å². The second-order valence-corrected chi connectivity index (χ2v) is 3.04. The van der Waals surface area contributed by atoms with E-state index in [1.54, 1.807) is 0 Å². The van der Waals surface area contributed by atoms with Crippen LogP contribution < -0.4 is 5.32 Å². The van der Waals surface area contributed by atoms with Gasteiger partial charge in [-0.1, -0.05) is 6.07 Å². The van der Waals surface area contributed by atoms with Crippen LogP contribution in [0, 0.1) is 0 Å². The lowest BCUT2D eigenvalue weighted by molar-refractivity contribution is -0.137. The molecule has 0 radical (unpaired) electrons. The standard InChI is InChI=1S/C10H7F3N2O/c11-10(12,13)7-2-1-3-8(6-7)15-9-14-4-5-16-9/h1-6H,(H,14,15). The smallest absolute Gasteiger partial charge is 0.416 e. The first-order valence-corrected chi connectivity index (χ1v) is 4.39. The molecule has 0 saturated carbocycles. The van der Waals surface area contributed by atoms with Crippen molar-refractivity contribution in [1.82, 2.24) is 4.98 Å². The molecule has 0 aliphatic heterocycles. The van der Waals surface area contributed by atoms with Gasteiger partial charge in [-0.2, -0.15) is 13.2 Å². The molecule has 6 heteroatoms. The first-order chi connectivity index (χ1) is 7.55. The van der Waals surface area contributed by atoms with Gasteiger partial charge in [0.25, 0.3) is 6.01 Å². The Morgan fingerprint density at radius 1 is 1.25 bits per heavy atom. The minimum atomic E-state index is -4.35. The van der Waals surface area contributed by atoms with Crippen LogP contribution in [0.4, 0.5) is 24.9 Å². The largest absolute Gasteiger partial charge is 0.432 e. The maximum Gasteiger partial charge on any atom is 0.416 e. The van der Waals surface area contributed by atoms with Crippen LogP contribution in [0.1, 0.15) is 5.56 Å². The van der Waals surface area contributed by atoms with Gasteiger partial charge in [0.1, 0.15) is 6.26 Å². The van der Waals surface area contributed by atoms with Gasteiger partial charge in [-0.25, -0.2) is 4.98 Å². The predicted molar refractivity (Wildman–Crippen MR) is 51.2 cm³/mol. The second-order valence-electron chi connectivity index (χ2n) is 3.04. The molecule has 0 atom stereocenters. The van der Waals surface area contributed by atoms with E-state index in [2.05, 4.69) is 10.3 Å². The molecule has 1 N–H and O–H groups in total. The van der Waals surface area contributed by atoms with Crippen molar-refractivity contribution in [3.63, 3.8) is 0 Å². The summed E-state index contributed by atoms with van der Waals surface area (Å²) in [6.45, 7) is 0. The summed E-state index contributed by atoms with van der Waals surface area (Å²) in [7, 11) is 0. The van der Waals surface area contributed by atoms with E-state index in [1.807, 2.05) is 0 Å². The van der Waals surface area contributed by atoms with Gasteiger partial charge in [0.05, 0.1) is 11.8 Å². The molecule has 0 fully saturated rings. The Labute approximate surface area is 88.9 Å². The molecule has 0 aliphatic carbocycles. The Kier molecular flexibility index (Phi) is 2.55. The molecular weight excluding hydrogens is 221 g/mol. The molecule has 2 aromatic rings. The Balaban J connectivity index is 2.23. The fourth-order valence-electron chi connectivity index (χ4n) is 1.18. The Bertz CT molecular complexity index is 465. The maximum atomic E-state index is 12.4. The molecule has 16 heavy (non-hydrogen) atoms. The number of oxazole rings is 1. The van der Waals surface area contributed by atoms with Crippen LogP contribution in [-0.4, -0.2) is 4.98 Å². The lowest BCUT2D eigenvalue weighted by Crippen LogP contribution is -2.05. The molecule has 0 unspecified atom stereocenters. The number of rotatable bonds is 2. The van der Waals surface area contributed by atoms with Crippen molar-refractivity contribution in [1.29, 1.82) is 0 Å². The number of anilines is 2. The first kappa shape index (κ1) is 10.5. The summed E-state index contributed by atoms with van der Waals surface area (Å²) in [6.07, 6.45) is -1.62. The average molecular weight is 228 g/mol. The van der Waals surface area contributed by atoms with E-state index in [9.17, 15) is 13.2 Å². The van der Waals surface area contributed by atoms with Crippen LogP contribution in [0.2, 0.25) is 0 Å². The molecule has 84 valence electrons. The number of nitrogens with zero attached hydrogens (tertiary/aromatic N) is 1. The van der Waals surface area contributed by atoms with Gasteiger partial charge >= 0.3 is 6.18 Å². The third-order valence-electron chi connectivity index (χ3n) is 1.87. The lowest BCUT2D eigenvalue weighted by atomic mass is 10.2. The van der Waals surface area contributed by atoms with Crippen molar-refractivity contribution in [2.24, 2.45) is 0 Å². The summed E-state index contributed by atoms with van der Waals surface area (Å²) in [6, 6.07) is 4.96. The SMILES string of the molecule is FC(F)(F)c1cccc(Nc2ncco2)c1. The molecule has 0 saturated heterocycles. The number of alkyl halides is 3. The number of nitrogens with one attached hydrogen (secondary N) is 1. The topological polar surface area (TPSA) is 38.1 Å². The Morgan fingerprint density at radius 3 is 2.69 bits per heavy atom. The van der Waals surface area contributed by atoms with E-state index in [-0.39, 0.29) is 11.7 Å². The maximum absolute atomic E-state index is 12.4. The van der Waals surface area contributed by atoms with Gasteiger partial charge < -0.3 is 9.73 Å². The summed E-state index contributed by atoms with van der Waals surface area (Å²) in [4.78, 5) is 3.74. The third-order valence-corrected chi connectivity index (χ3v) is 1.87. The number of benzene rings is 1. The van der Waals surface area contributed by atoms with E-state index in [0.29, 0.717) is 0 Å². The fourth-order valence-corrected chi connectivity index (χ4v) is 1.18. The van der Waals surface area contributed by atoms with Crippen molar-refractivity contribution >= 4 is 11.7 Å². The van der Waals surface area contributed by atoms with Gasteiger partial charge in [0.15, 0.2) is 0 Å². The molecule has 3 nitrogen and oxygen atoms in total.